The minimum Gasteiger partial charge on any atom is -0.503 e. The highest BCUT2D eigenvalue weighted by Gasteiger charge is 2.08. The molecule has 0 aliphatic carbocycles. The summed E-state index contributed by atoms with van der Waals surface area (Å²) in [6.45, 7) is 5.11. The Morgan fingerprint density at radius 2 is 2.20 bits per heavy atom. The van der Waals surface area contributed by atoms with Gasteiger partial charge in [0.2, 0.25) is 5.43 Å². The van der Waals surface area contributed by atoms with Crippen molar-refractivity contribution < 1.29 is 14.9 Å². The summed E-state index contributed by atoms with van der Waals surface area (Å²) in [7, 11) is 1.87. The summed E-state index contributed by atoms with van der Waals surface area (Å²) in [4.78, 5) is 13.5. The third-order valence-corrected chi connectivity index (χ3v) is 3.00. The van der Waals surface area contributed by atoms with Gasteiger partial charge in [0, 0.05) is 44.6 Å². The molecule has 0 radical (unpaired) electrons. The second-order valence-electron chi connectivity index (χ2n) is 4.72. The van der Waals surface area contributed by atoms with Crippen LogP contribution in [0.2, 0.25) is 0 Å². The first-order valence-corrected chi connectivity index (χ1v) is 6.88. The van der Waals surface area contributed by atoms with E-state index >= 15 is 0 Å². The van der Waals surface area contributed by atoms with Gasteiger partial charge in [0.15, 0.2) is 5.75 Å². The molecular weight excluding hydrogens is 260 g/mol. The van der Waals surface area contributed by atoms with Gasteiger partial charge in [-0.25, -0.2) is 0 Å². The number of nitrogens with zero attached hydrogens (tertiary/aromatic N) is 2. The molecule has 1 rings (SSSR count). The normalized spacial score (nSPS) is 11.2. The van der Waals surface area contributed by atoms with E-state index in [1.807, 2.05) is 23.4 Å². The molecule has 1 heterocycles. The number of aromatic nitrogens is 1. The molecule has 6 nitrogen and oxygen atoms in total. The first kappa shape index (κ1) is 16.7. The SMILES string of the molecule is CCOCCCn1cc(O)c(=O)cc1CN(C)CCO. The number of hydrogen-bond donors (Lipinski definition) is 2. The summed E-state index contributed by atoms with van der Waals surface area (Å²) in [5.41, 5.74) is 0.443. The Hall–Kier alpha value is -1.37. The average Bonchev–Trinajstić information content (AvgIpc) is 2.40. The standard InChI is InChI=1S/C14H24N2O4/c1-3-20-8-4-5-16-11-14(19)13(18)9-12(16)10-15(2)6-7-17/h9,11,17,19H,3-8,10H2,1-2H3. The fourth-order valence-electron chi connectivity index (χ4n) is 1.95. The van der Waals surface area contributed by atoms with Crippen LogP contribution < -0.4 is 5.43 Å². The summed E-state index contributed by atoms with van der Waals surface area (Å²) in [5.74, 6) is -0.241. The van der Waals surface area contributed by atoms with Gasteiger partial charge in [-0.1, -0.05) is 0 Å². The molecule has 0 fully saturated rings. The van der Waals surface area contributed by atoms with Crippen LogP contribution in [0.3, 0.4) is 0 Å². The number of likely N-dealkylation sites (N-methyl/N-ethyl adjacent to an activating group) is 1. The van der Waals surface area contributed by atoms with Crippen LogP contribution in [0.15, 0.2) is 17.1 Å². The highest BCUT2D eigenvalue weighted by atomic mass is 16.5. The summed E-state index contributed by atoms with van der Waals surface area (Å²) < 4.78 is 7.15. The molecule has 1 aromatic rings. The van der Waals surface area contributed by atoms with Gasteiger partial charge in [-0.3, -0.25) is 9.69 Å². The predicted molar refractivity (Wildman–Crippen MR) is 76.9 cm³/mol. The molecule has 0 saturated carbocycles. The van der Waals surface area contributed by atoms with Crippen LogP contribution in [-0.2, 0) is 17.8 Å². The van der Waals surface area contributed by atoms with E-state index < -0.39 is 0 Å². The molecule has 0 aromatic carbocycles. The van der Waals surface area contributed by atoms with Crippen molar-refractivity contribution in [3.05, 3.63) is 28.2 Å². The lowest BCUT2D eigenvalue weighted by Crippen LogP contribution is -2.25. The zero-order chi connectivity index (χ0) is 15.0. The van der Waals surface area contributed by atoms with Gasteiger partial charge in [-0.2, -0.15) is 0 Å². The van der Waals surface area contributed by atoms with Crippen LogP contribution in [-0.4, -0.2) is 53.1 Å². The summed E-state index contributed by atoms with van der Waals surface area (Å²) in [5, 5.41) is 18.5. The molecule has 114 valence electrons. The van der Waals surface area contributed by atoms with E-state index in [2.05, 4.69) is 0 Å². The Balaban J connectivity index is 2.78. The van der Waals surface area contributed by atoms with Crippen molar-refractivity contribution in [2.24, 2.45) is 0 Å². The Morgan fingerprint density at radius 1 is 1.45 bits per heavy atom. The number of ether oxygens (including phenoxy) is 1. The van der Waals surface area contributed by atoms with E-state index in [0.29, 0.717) is 32.8 Å². The maximum absolute atomic E-state index is 11.6. The molecule has 2 N–H and O–H groups in total. The zero-order valence-electron chi connectivity index (χ0n) is 12.2. The van der Waals surface area contributed by atoms with Gasteiger partial charge in [-0.05, 0) is 20.4 Å². The molecule has 0 atom stereocenters. The quantitative estimate of drug-likeness (QED) is 0.642. The van der Waals surface area contributed by atoms with E-state index in [9.17, 15) is 9.90 Å². The molecule has 0 spiro atoms. The Morgan fingerprint density at radius 3 is 2.85 bits per heavy atom. The van der Waals surface area contributed by atoms with Crippen molar-refractivity contribution in [2.75, 3.05) is 33.4 Å². The van der Waals surface area contributed by atoms with E-state index in [-0.39, 0.29) is 17.8 Å². The molecule has 6 heteroatoms. The Bertz CT molecular complexity index is 459. The number of aliphatic hydroxyl groups excluding tert-OH is 1. The smallest absolute Gasteiger partial charge is 0.223 e. The van der Waals surface area contributed by atoms with Gasteiger partial charge in [0.1, 0.15) is 0 Å². The minimum absolute atomic E-state index is 0.0726. The van der Waals surface area contributed by atoms with Crippen LogP contribution in [0.5, 0.6) is 5.75 Å². The van der Waals surface area contributed by atoms with E-state index in [1.54, 1.807) is 0 Å². The number of rotatable bonds is 9. The maximum atomic E-state index is 11.6. The number of hydrogen-bond acceptors (Lipinski definition) is 5. The monoisotopic (exact) mass is 284 g/mol. The second-order valence-corrected chi connectivity index (χ2v) is 4.72. The fourth-order valence-corrected chi connectivity index (χ4v) is 1.95. The lowest BCUT2D eigenvalue weighted by Gasteiger charge is -2.19. The van der Waals surface area contributed by atoms with Crippen LogP contribution in [0, 0.1) is 0 Å². The highest BCUT2D eigenvalue weighted by molar-refractivity contribution is 5.20. The van der Waals surface area contributed by atoms with Gasteiger partial charge in [-0.15, -0.1) is 0 Å². The van der Waals surface area contributed by atoms with Gasteiger partial charge < -0.3 is 19.5 Å². The van der Waals surface area contributed by atoms with Crippen molar-refractivity contribution in [1.29, 1.82) is 0 Å². The summed E-state index contributed by atoms with van der Waals surface area (Å²) in [6.07, 6.45) is 2.28. The number of pyridine rings is 1. The van der Waals surface area contributed by atoms with Crippen LogP contribution in [0.4, 0.5) is 0 Å². The highest BCUT2D eigenvalue weighted by Crippen LogP contribution is 2.08. The van der Waals surface area contributed by atoms with Crippen molar-refractivity contribution in [2.45, 2.75) is 26.4 Å². The van der Waals surface area contributed by atoms with Crippen LogP contribution in [0.1, 0.15) is 19.0 Å². The topological polar surface area (TPSA) is 74.9 Å². The Labute approximate surface area is 119 Å². The predicted octanol–water partition coefficient (Wildman–Crippen LogP) is 0.405. The van der Waals surface area contributed by atoms with Gasteiger partial charge in [0.25, 0.3) is 0 Å². The summed E-state index contributed by atoms with van der Waals surface area (Å²) >= 11 is 0. The van der Waals surface area contributed by atoms with Crippen molar-refractivity contribution in [1.82, 2.24) is 9.47 Å². The van der Waals surface area contributed by atoms with Gasteiger partial charge >= 0.3 is 0 Å². The van der Waals surface area contributed by atoms with E-state index in [4.69, 9.17) is 9.84 Å². The van der Waals surface area contributed by atoms with Crippen molar-refractivity contribution >= 4 is 0 Å². The third-order valence-electron chi connectivity index (χ3n) is 3.00. The maximum Gasteiger partial charge on any atom is 0.223 e. The molecule has 1 aromatic heterocycles. The largest absolute Gasteiger partial charge is 0.503 e. The third kappa shape index (κ3) is 5.32. The first-order valence-electron chi connectivity index (χ1n) is 6.88. The Kier molecular flexibility index (Phi) is 7.28. The first-order chi connectivity index (χ1) is 9.58. The lowest BCUT2D eigenvalue weighted by molar-refractivity contribution is 0.141. The second kappa shape index (κ2) is 8.73. The van der Waals surface area contributed by atoms with Crippen LogP contribution in [0.25, 0.3) is 0 Å². The van der Waals surface area contributed by atoms with Crippen LogP contribution >= 0.6 is 0 Å². The fraction of sp³-hybridized carbons (Fsp3) is 0.643. The molecule has 0 unspecified atom stereocenters. The zero-order valence-corrected chi connectivity index (χ0v) is 12.2. The number of aryl methyl sites for hydroxylation is 1. The van der Waals surface area contributed by atoms with E-state index in [1.165, 1.54) is 12.3 Å². The van der Waals surface area contributed by atoms with Crippen molar-refractivity contribution in [3.8, 4) is 5.75 Å². The summed E-state index contributed by atoms with van der Waals surface area (Å²) in [6, 6.07) is 1.45. The van der Waals surface area contributed by atoms with Crippen molar-refractivity contribution in [3.63, 3.8) is 0 Å². The lowest BCUT2D eigenvalue weighted by atomic mass is 10.2. The minimum atomic E-state index is -0.376. The molecule has 0 aliphatic heterocycles. The van der Waals surface area contributed by atoms with E-state index in [0.717, 1.165) is 12.1 Å². The molecule has 0 aliphatic rings. The molecular formula is C14H24N2O4. The average molecular weight is 284 g/mol. The molecule has 0 saturated heterocycles. The molecule has 20 heavy (non-hydrogen) atoms. The number of aromatic hydroxyl groups is 1. The van der Waals surface area contributed by atoms with Gasteiger partial charge in [0.05, 0.1) is 12.8 Å². The molecule has 0 amide bonds. The number of aliphatic hydroxyl groups is 1. The molecule has 0 bridgehead atoms.